The van der Waals surface area contributed by atoms with Gasteiger partial charge in [0.25, 0.3) is 5.65 Å². The van der Waals surface area contributed by atoms with Gasteiger partial charge in [0.1, 0.15) is 5.75 Å². The molecule has 3 aromatic rings. The molecule has 0 unspecified atom stereocenters. The lowest BCUT2D eigenvalue weighted by atomic mass is 10.2. The zero-order chi connectivity index (χ0) is 13.6. The van der Waals surface area contributed by atoms with Crippen LogP contribution in [0.5, 0.6) is 5.75 Å². The van der Waals surface area contributed by atoms with E-state index in [9.17, 15) is 10.0 Å². The van der Waals surface area contributed by atoms with Crippen molar-refractivity contribution in [2.24, 2.45) is 0 Å². The molecule has 94 valence electrons. The van der Waals surface area contributed by atoms with Crippen molar-refractivity contribution in [2.75, 3.05) is 7.11 Å². The highest BCUT2D eigenvalue weighted by atomic mass is 16.5. The molecule has 0 aliphatic rings. The summed E-state index contributed by atoms with van der Waals surface area (Å²) in [6, 6.07) is 6.30. The van der Waals surface area contributed by atoms with E-state index in [1.165, 1.54) is 13.2 Å². The van der Waals surface area contributed by atoms with E-state index in [-0.39, 0.29) is 16.9 Å². The highest BCUT2D eigenvalue weighted by Gasteiger charge is 2.22. The molecule has 0 aliphatic heterocycles. The summed E-state index contributed by atoms with van der Waals surface area (Å²) in [5.74, 6) is -0.428. The Labute approximate surface area is 105 Å². The van der Waals surface area contributed by atoms with E-state index in [2.05, 4.69) is 4.98 Å². The lowest BCUT2D eigenvalue weighted by molar-refractivity contribution is -0.579. The quantitative estimate of drug-likeness (QED) is 0.447. The van der Waals surface area contributed by atoms with E-state index >= 15 is 0 Å². The van der Waals surface area contributed by atoms with Crippen LogP contribution in [0.1, 0.15) is 5.69 Å². The lowest BCUT2D eigenvalue weighted by Gasteiger charge is -2.06. The average molecular weight is 258 g/mol. The molecular weight excluding hydrogens is 252 g/mol. The van der Waals surface area contributed by atoms with Crippen LogP contribution in [0.3, 0.4) is 0 Å². The summed E-state index contributed by atoms with van der Waals surface area (Å²) in [5, 5.41) is 21.1. The Morgan fingerprint density at radius 1 is 1.58 bits per heavy atom. The molecule has 0 saturated heterocycles. The fraction of sp³-hybridized carbons (Fsp3) is 0.0909. The van der Waals surface area contributed by atoms with Gasteiger partial charge >= 0.3 is 11.4 Å². The van der Waals surface area contributed by atoms with Crippen LogP contribution < -0.4 is 15.2 Å². The maximum Gasteiger partial charge on any atom is 0.460 e. The van der Waals surface area contributed by atoms with Crippen molar-refractivity contribution < 1.29 is 14.0 Å². The summed E-state index contributed by atoms with van der Waals surface area (Å²) in [7, 11) is 1.46. The molecular formula is C11H6N4O4. The molecule has 0 fully saturated rings. The second-order valence-electron chi connectivity index (χ2n) is 3.70. The van der Waals surface area contributed by atoms with Gasteiger partial charge in [0, 0.05) is 0 Å². The smallest absolute Gasteiger partial charge is 0.460 e. The number of rotatable bonds is 1. The van der Waals surface area contributed by atoms with Gasteiger partial charge in [-0.25, -0.2) is 4.79 Å². The predicted octanol–water partition coefficient (Wildman–Crippen LogP) is -0.0456. The Balaban J connectivity index is 2.61. The van der Waals surface area contributed by atoms with Crippen LogP contribution in [0.4, 0.5) is 0 Å². The second-order valence-corrected chi connectivity index (χ2v) is 3.70. The normalized spacial score (nSPS) is 10.7. The molecule has 0 N–H and O–H groups in total. The first-order valence-electron chi connectivity index (χ1n) is 5.19. The SMILES string of the molecule is COc1ccc2c(c1)[n+]([O-])c(C#N)c1nc(=O)on12. The van der Waals surface area contributed by atoms with Crippen molar-refractivity contribution in [3.8, 4) is 11.8 Å². The van der Waals surface area contributed by atoms with Gasteiger partial charge in [0.15, 0.2) is 11.6 Å². The summed E-state index contributed by atoms with van der Waals surface area (Å²) >= 11 is 0. The van der Waals surface area contributed by atoms with Crippen LogP contribution in [0.2, 0.25) is 0 Å². The summed E-state index contributed by atoms with van der Waals surface area (Å²) in [4.78, 5) is 14.7. The molecule has 0 radical (unpaired) electrons. The molecule has 0 saturated carbocycles. The third-order valence-electron chi connectivity index (χ3n) is 2.70. The number of aromatic nitrogens is 3. The van der Waals surface area contributed by atoms with Crippen LogP contribution in [0.15, 0.2) is 27.5 Å². The van der Waals surface area contributed by atoms with Crippen LogP contribution >= 0.6 is 0 Å². The van der Waals surface area contributed by atoms with Crippen molar-refractivity contribution in [2.45, 2.75) is 0 Å². The van der Waals surface area contributed by atoms with Gasteiger partial charge in [0.2, 0.25) is 5.52 Å². The molecule has 0 aliphatic carbocycles. The number of nitrogens with zero attached hydrogens (tertiary/aromatic N) is 4. The molecule has 0 bridgehead atoms. The summed E-state index contributed by atoms with van der Waals surface area (Å²) in [5.41, 5.74) is 0.0377. The Kier molecular flexibility index (Phi) is 2.15. The van der Waals surface area contributed by atoms with Crippen molar-refractivity contribution in [1.29, 1.82) is 5.26 Å². The average Bonchev–Trinajstić information content (AvgIpc) is 2.80. The van der Waals surface area contributed by atoms with E-state index in [0.29, 0.717) is 16.0 Å². The topological polar surface area (TPSA) is 107 Å². The summed E-state index contributed by atoms with van der Waals surface area (Å²) in [6.07, 6.45) is 0. The van der Waals surface area contributed by atoms with Gasteiger partial charge in [-0.3, -0.25) is 0 Å². The maximum absolute atomic E-state index is 12.1. The number of nitriles is 1. The minimum absolute atomic E-state index is 0.111. The zero-order valence-corrected chi connectivity index (χ0v) is 9.65. The largest absolute Gasteiger partial charge is 0.617 e. The van der Waals surface area contributed by atoms with Gasteiger partial charge in [-0.05, 0) is 12.1 Å². The first-order chi connectivity index (χ1) is 9.15. The van der Waals surface area contributed by atoms with Crippen molar-refractivity contribution in [1.82, 2.24) is 9.56 Å². The molecule has 2 heterocycles. The highest BCUT2D eigenvalue weighted by Crippen LogP contribution is 2.19. The van der Waals surface area contributed by atoms with E-state index in [0.717, 1.165) is 4.57 Å². The molecule has 1 aromatic carbocycles. The number of hydrogen-bond donors (Lipinski definition) is 0. The predicted molar refractivity (Wildman–Crippen MR) is 61.5 cm³/mol. The zero-order valence-electron chi connectivity index (χ0n) is 9.65. The third-order valence-corrected chi connectivity index (χ3v) is 2.70. The fourth-order valence-corrected chi connectivity index (χ4v) is 1.86. The molecule has 8 nitrogen and oxygen atoms in total. The Hall–Kier alpha value is -3.08. The van der Waals surface area contributed by atoms with Gasteiger partial charge in [-0.2, -0.15) is 9.99 Å². The molecule has 0 spiro atoms. The van der Waals surface area contributed by atoms with E-state index in [4.69, 9.17) is 14.5 Å². The third kappa shape index (κ3) is 1.42. The lowest BCUT2D eigenvalue weighted by Crippen LogP contribution is -2.33. The number of methoxy groups -OCH3 is 1. The van der Waals surface area contributed by atoms with E-state index in [1.54, 1.807) is 18.2 Å². The minimum atomic E-state index is -0.875. The van der Waals surface area contributed by atoms with Crippen molar-refractivity contribution >= 4 is 16.7 Å². The number of fused-ring (bicyclic) bond motifs is 3. The summed E-state index contributed by atoms with van der Waals surface area (Å²) in [6.45, 7) is 0. The van der Waals surface area contributed by atoms with Gasteiger partial charge in [-0.15, -0.1) is 9.56 Å². The fourth-order valence-electron chi connectivity index (χ4n) is 1.86. The summed E-state index contributed by atoms with van der Waals surface area (Å²) < 4.78 is 11.3. The number of benzene rings is 1. The van der Waals surface area contributed by atoms with E-state index < -0.39 is 5.76 Å². The second kappa shape index (κ2) is 3.71. The molecule has 0 atom stereocenters. The highest BCUT2D eigenvalue weighted by molar-refractivity contribution is 5.76. The Morgan fingerprint density at radius 2 is 2.37 bits per heavy atom. The first-order valence-corrected chi connectivity index (χ1v) is 5.19. The Morgan fingerprint density at radius 3 is 3.05 bits per heavy atom. The van der Waals surface area contributed by atoms with Crippen LogP contribution in [-0.4, -0.2) is 16.7 Å². The molecule has 0 amide bonds. The molecule has 3 rings (SSSR count). The van der Waals surface area contributed by atoms with Crippen LogP contribution in [0.25, 0.3) is 16.7 Å². The molecule has 19 heavy (non-hydrogen) atoms. The first kappa shape index (κ1) is 11.0. The standard InChI is InChI=1S/C11H6N4O4/c1-18-6-2-3-7-8(4-6)14(17)9(5-12)10-13-11(16)19-15(7)10/h2-4H,1H3. The number of ether oxygens (including phenoxy) is 1. The van der Waals surface area contributed by atoms with Crippen molar-refractivity contribution in [3.05, 3.63) is 39.7 Å². The number of hydrogen-bond acceptors (Lipinski definition) is 6. The molecule has 2 aromatic heterocycles. The monoisotopic (exact) mass is 258 g/mol. The van der Waals surface area contributed by atoms with E-state index in [1.807, 2.05) is 0 Å². The van der Waals surface area contributed by atoms with Gasteiger partial charge in [-0.1, -0.05) is 0 Å². The van der Waals surface area contributed by atoms with Crippen LogP contribution in [0, 0.1) is 16.5 Å². The molecule has 8 heteroatoms. The maximum atomic E-state index is 12.1. The Bertz CT molecular complexity index is 903. The van der Waals surface area contributed by atoms with Crippen LogP contribution in [-0.2, 0) is 0 Å². The van der Waals surface area contributed by atoms with Gasteiger partial charge < -0.3 is 14.5 Å². The van der Waals surface area contributed by atoms with Gasteiger partial charge in [0.05, 0.1) is 13.2 Å². The van der Waals surface area contributed by atoms with Crippen molar-refractivity contribution in [3.63, 3.8) is 0 Å². The minimum Gasteiger partial charge on any atom is -0.617 e.